The Morgan fingerprint density at radius 2 is 2.05 bits per heavy atom. The highest BCUT2D eigenvalue weighted by atomic mass is 16.3. The molecule has 4 bridgehead atoms. The molecule has 0 N–H and O–H groups in total. The Morgan fingerprint density at radius 3 is 2.79 bits per heavy atom. The summed E-state index contributed by atoms with van der Waals surface area (Å²) in [5.41, 5.74) is 0.953. The predicted octanol–water partition coefficient (Wildman–Crippen LogP) is 1.75. The van der Waals surface area contributed by atoms with E-state index in [0.29, 0.717) is 17.7 Å². The summed E-state index contributed by atoms with van der Waals surface area (Å²) in [6, 6.07) is 2.27. The fraction of sp³-hybridized carbons (Fsp3) is 0.667. The van der Waals surface area contributed by atoms with Gasteiger partial charge >= 0.3 is 0 Å². The summed E-state index contributed by atoms with van der Waals surface area (Å²) >= 11 is 0. The number of carbonyl (C=O) groups is 1. The standard InChI is InChI=1S/C15H20N2O2/c1-10-2-3-19-14(10)15(18)17-8-12-4-11-5-13(17)9-16(6-11)7-12/h2-3,11-13H,4-9H2,1H3. The van der Waals surface area contributed by atoms with E-state index in [2.05, 4.69) is 9.80 Å². The molecule has 4 atom stereocenters. The van der Waals surface area contributed by atoms with Crippen LogP contribution in [0.25, 0.3) is 0 Å². The minimum Gasteiger partial charge on any atom is -0.459 e. The van der Waals surface area contributed by atoms with Crippen LogP contribution in [0.5, 0.6) is 0 Å². The Bertz CT molecular complexity index is 496. The van der Waals surface area contributed by atoms with Crippen molar-refractivity contribution in [2.24, 2.45) is 11.8 Å². The number of rotatable bonds is 1. The Morgan fingerprint density at radius 1 is 1.21 bits per heavy atom. The van der Waals surface area contributed by atoms with Crippen molar-refractivity contribution in [1.82, 2.24) is 9.80 Å². The zero-order valence-electron chi connectivity index (χ0n) is 11.3. The third-order valence-electron chi connectivity index (χ3n) is 4.99. The molecular formula is C15H20N2O2. The molecule has 1 aromatic rings. The lowest BCUT2D eigenvalue weighted by Crippen LogP contribution is -2.50. The van der Waals surface area contributed by atoms with E-state index in [4.69, 9.17) is 4.42 Å². The minimum absolute atomic E-state index is 0.0990. The maximum Gasteiger partial charge on any atom is 0.290 e. The predicted molar refractivity (Wildman–Crippen MR) is 70.9 cm³/mol. The van der Waals surface area contributed by atoms with E-state index in [1.54, 1.807) is 6.26 Å². The SMILES string of the molecule is Cc1ccoc1C(=O)N1CC2CC3CC1CN(C3)C2. The van der Waals surface area contributed by atoms with E-state index in [9.17, 15) is 4.79 Å². The molecule has 5 rings (SSSR count). The van der Waals surface area contributed by atoms with Gasteiger partial charge in [-0.1, -0.05) is 0 Å². The molecule has 0 radical (unpaired) electrons. The summed E-state index contributed by atoms with van der Waals surface area (Å²) in [5, 5.41) is 0. The van der Waals surface area contributed by atoms with Gasteiger partial charge in [0.15, 0.2) is 5.76 Å². The Kier molecular flexibility index (Phi) is 2.49. The monoisotopic (exact) mass is 260 g/mol. The van der Waals surface area contributed by atoms with E-state index in [0.717, 1.165) is 24.6 Å². The molecule has 1 amide bonds. The van der Waals surface area contributed by atoms with E-state index < -0.39 is 0 Å². The second-order valence-electron chi connectivity index (χ2n) is 6.47. The number of piperidine rings is 2. The topological polar surface area (TPSA) is 36.7 Å². The van der Waals surface area contributed by atoms with Crippen LogP contribution in [-0.2, 0) is 0 Å². The highest BCUT2D eigenvalue weighted by Crippen LogP contribution is 2.37. The van der Waals surface area contributed by atoms with Crippen LogP contribution in [-0.4, -0.2) is 47.9 Å². The van der Waals surface area contributed by atoms with Crippen LogP contribution in [0.4, 0.5) is 0 Å². The molecule has 0 saturated carbocycles. The molecule has 4 unspecified atom stereocenters. The van der Waals surface area contributed by atoms with Gasteiger partial charge in [-0.3, -0.25) is 4.79 Å². The van der Waals surface area contributed by atoms with Crippen molar-refractivity contribution in [3.05, 3.63) is 23.7 Å². The maximum absolute atomic E-state index is 12.7. The largest absolute Gasteiger partial charge is 0.459 e. The minimum atomic E-state index is 0.0990. The summed E-state index contributed by atoms with van der Waals surface area (Å²) in [4.78, 5) is 17.4. The second kappa shape index (κ2) is 4.10. The highest BCUT2D eigenvalue weighted by Gasteiger charge is 2.43. The van der Waals surface area contributed by atoms with Crippen LogP contribution in [0.1, 0.15) is 29.0 Å². The summed E-state index contributed by atoms with van der Waals surface area (Å²) < 4.78 is 5.40. The first-order valence-electron chi connectivity index (χ1n) is 7.28. The molecule has 4 aliphatic heterocycles. The molecule has 4 heteroatoms. The number of furan rings is 1. The molecule has 5 heterocycles. The molecule has 19 heavy (non-hydrogen) atoms. The van der Waals surface area contributed by atoms with E-state index in [1.807, 2.05) is 13.0 Å². The molecule has 4 fully saturated rings. The van der Waals surface area contributed by atoms with Gasteiger partial charge in [0.25, 0.3) is 5.91 Å². The van der Waals surface area contributed by atoms with Crippen molar-refractivity contribution in [3.63, 3.8) is 0 Å². The van der Waals surface area contributed by atoms with Gasteiger partial charge in [-0.05, 0) is 37.7 Å². The van der Waals surface area contributed by atoms with Gasteiger partial charge in [-0.15, -0.1) is 0 Å². The van der Waals surface area contributed by atoms with Gasteiger partial charge in [0.05, 0.1) is 6.26 Å². The molecule has 102 valence electrons. The van der Waals surface area contributed by atoms with Gasteiger partial charge < -0.3 is 14.2 Å². The van der Waals surface area contributed by atoms with Crippen molar-refractivity contribution in [2.45, 2.75) is 25.8 Å². The second-order valence-corrected chi connectivity index (χ2v) is 6.47. The lowest BCUT2D eigenvalue weighted by molar-refractivity contribution is 0.0546. The molecule has 4 nitrogen and oxygen atoms in total. The number of hydrogen-bond donors (Lipinski definition) is 0. The quantitative estimate of drug-likeness (QED) is 0.772. The number of nitrogens with zero attached hydrogens (tertiary/aromatic N) is 2. The fourth-order valence-electron chi connectivity index (χ4n) is 4.26. The van der Waals surface area contributed by atoms with Crippen molar-refractivity contribution in [2.75, 3.05) is 26.2 Å². The van der Waals surface area contributed by atoms with E-state index in [1.165, 1.54) is 25.9 Å². The van der Waals surface area contributed by atoms with Crippen LogP contribution >= 0.6 is 0 Å². The number of aryl methyl sites for hydroxylation is 1. The first-order valence-corrected chi connectivity index (χ1v) is 7.28. The number of carbonyl (C=O) groups excluding carboxylic acids is 1. The van der Waals surface area contributed by atoms with E-state index >= 15 is 0 Å². The normalized spacial score (nSPS) is 36.6. The van der Waals surface area contributed by atoms with Crippen LogP contribution < -0.4 is 0 Å². The van der Waals surface area contributed by atoms with Crippen molar-refractivity contribution in [1.29, 1.82) is 0 Å². The van der Waals surface area contributed by atoms with Crippen molar-refractivity contribution < 1.29 is 9.21 Å². The smallest absolute Gasteiger partial charge is 0.290 e. The zero-order valence-corrected chi connectivity index (χ0v) is 11.3. The lowest BCUT2D eigenvalue weighted by Gasteiger charge is -2.41. The molecule has 0 spiro atoms. The Labute approximate surface area is 113 Å². The highest BCUT2D eigenvalue weighted by molar-refractivity contribution is 5.93. The molecule has 4 saturated heterocycles. The van der Waals surface area contributed by atoms with Crippen LogP contribution in [0, 0.1) is 18.8 Å². The Hall–Kier alpha value is -1.29. The summed E-state index contributed by atoms with van der Waals surface area (Å²) in [6.45, 7) is 6.33. The van der Waals surface area contributed by atoms with Gasteiger partial charge in [-0.25, -0.2) is 0 Å². The number of fused-ring (bicyclic) bond motifs is 1. The van der Waals surface area contributed by atoms with Gasteiger partial charge in [0.1, 0.15) is 0 Å². The van der Waals surface area contributed by atoms with Gasteiger partial charge in [0.2, 0.25) is 0 Å². The average molecular weight is 260 g/mol. The average Bonchev–Trinajstić information content (AvgIpc) is 2.70. The van der Waals surface area contributed by atoms with Crippen molar-refractivity contribution in [3.8, 4) is 0 Å². The Balaban J connectivity index is 1.65. The molecule has 0 aromatic carbocycles. The molecule has 4 aliphatic rings. The molecular weight excluding hydrogens is 240 g/mol. The number of hydrogen-bond acceptors (Lipinski definition) is 3. The van der Waals surface area contributed by atoms with E-state index in [-0.39, 0.29) is 5.91 Å². The van der Waals surface area contributed by atoms with Gasteiger partial charge in [0, 0.05) is 37.8 Å². The lowest BCUT2D eigenvalue weighted by atomic mass is 9.84. The van der Waals surface area contributed by atoms with Gasteiger partial charge in [-0.2, -0.15) is 0 Å². The number of amides is 1. The summed E-state index contributed by atoms with van der Waals surface area (Å²) in [7, 11) is 0. The first-order chi connectivity index (χ1) is 9.20. The fourth-order valence-corrected chi connectivity index (χ4v) is 4.26. The summed E-state index contributed by atoms with van der Waals surface area (Å²) in [6.07, 6.45) is 4.10. The molecule has 1 aromatic heterocycles. The summed E-state index contributed by atoms with van der Waals surface area (Å²) in [5.74, 6) is 2.09. The first kappa shape index (κ1) is 11.5. The maximum atomic E-state index is 12.7. The van der Waals surface area contributed by atoms with Crippen molar-refractivity contribution >= 4 is 5.91 Å². The molecule has 0 aliphatic carbocycles. The van der Waals surface area contributed by atoms with Crippen LogP contribution in [0.15, 0.2) is 16.7 Å². The third kappa shape index (κ3) is 1.81. The van der Waals surface area contributed by atoms with Crippen LogP contribution in [0.3, 0.4) is 0 Å². The third-order valence-corrected chi connectivity index (χ3v) is 4.99. The zero-order chi connectivity index (χ0) is 13.0. The van der Waals surface area contributed by atoms with Crippen LogP contribution in [0.2, 0.25) is 0 Å².